The Bertz CT molecular complexity index is 612. The number of rotatable bonds is 3. The minimum absolute atomic E-state index is 0.109. The van der Waals surface area contributed by atoms with Crippen molar-refractivity contribution in [3.63, 3.8) is 0 Å². The summed E-state index contributed by atoms with van der Waals surface area (Å²) < 4.78 is 0.719. The van der Waals surface area contributed by atoms with E-state index >= 15 is 0 Å². The summed E-state index contributed by atoms with van der Waals surface area (Å²) in [4.78, 5) is 27.3. The van der Waals surface area contributed by atoms with Gasteiger partial charge in [0.05, 0.1) is 0 Å². The highest BCUT2D eigenvalue weighted by atomic mass is 79.9. The van der Waals surface area contributed by atoms with Gasteiger partial charge in [-0.25, -0.2) is 4.98 Å². The van der Waals surface area contributed by atoms with Gasteiger partial charge in [-0.05, 0) is 39.5 Å². The van der Waals surface area contributed by atoms with Crippen molar-refractivity contribution in [3.05, 3.63) is 44.7 Å². The summed E-state index contributed by atoms with van der Waals surface area (Å²) in [5.41, 5.74) is 5.22. The zero-order chi connectivity index (χ0) is 13.1. The van der Waals surface area contributed by atoms with Crippen LogP contribution in [0.1, 0.15) is 20.2 Å². The molecule has 0 aliphatic carbocycles. The van der Waals surface area contributed by atoms with E-state index in [1.165, 1.54) is 17.4 Å². The van der Waals surface area contributed by atoms with E-state index < -0.39 is 5.91 Å². The predicted octanol–water partition coefficient (Wildman–Crippen LogP) is 2.26. The molecule has 0 saturated heterocycles. The molecule has 0 bridgehead atoms. The molecule has 18 heavy (non-hydrogen) atoms. The molecule has 7 heteroatoms. The largest absolute Gasteiger partial charge is 0.364 e. The van der Waals surface area contributed by atoms with Gasteiger partial charge in [-0.3, -0.25) is 9.59 Å². The highest BCUT2D eigenvalue weighted by Crippen LogP contribution is 2.23. The van der Waals surface area contributed by atoms with Gasteiger partial charge in [0, 0.05) is 4.47 Å². The average Bonchev–Trinajstić information content (AvgIpc) is 2.76. The van der Waals surface area contributed by atoms with Crippen LogP contribution in [0.5, 0.6) is 0 Å². The Hall–Kier alpha value is -1.73. The predicted molar refractivity (Wildman–Crippen MR) is 72.7 cm³/mol. The molecule has 2 aromatic rings. The fourth-order valence-electron chi connectivity index (χ4n) is 1.27. The van der Waals surface area contributed by atoms with E-state index in [0.717, 1.165) is 4.47 Å². The number of hydrogen-bond donors (Lipinski definition) is 2. The molecular formula is C11H8BrN3O2S. The maximum Gasteiger partial charge on any atom is 0.268 e. The lowest BCUT2D eigenvalue weighted by atomic mass is 10.3. The van der Waals surface area contributed by atoms with Gasteiger partial charge >= 0.3 is 0 Å². The number of primary amides is 1. The standard InChI is InChI=1S/C11H8BrN3O2S/c12-6-4-5-18-9(6)11(17)15-8-3-1-2-7(14-8)10(13)16/h1-5H,(H2,13,16)(H,14,15,17). The molecular weight excluding hydrogens is 318 g/mol. The number of hydrogen-bond acceptors (Lipinski definition) is 4. The van der Waals surface area contributed by atoms with Crippen LogP contribution in [-0.4, -0.2) is 16.8 Å². The van der Waals surface area contributed by atoms with Crippen molar-refractivity contribution in [3.8, 4) is 0 Å². The molecule has 92 valence electrons. The summed E-state index contributed by atoms with van der Waals surface area (Å²) in [6.07, 6.45) is 0. The highest BCUT2D eigenvalue weighted by Gasteiger charge is 2.12. The van der Waals surface area contributed by atoms with Crippen molar-refractivity contribution in [1.82, 2.24) is 4.98 Å². The van der Waals surface area contributed by atoms with Crippen molar-refractivity contribution >= 4 is 44.9 Å². The summed E-state index contributed by atoms with van der Waals surface area (Å²) in [6, 6.07) is 6.46. The van der Waals surface area contributed by atoms with Crippen LogP contribution in [0.25, 0.3) is 0 Å². The van der Waals surface area contributed by atoms with Gasteiger partial charge in [0.15, 0.2) is 0 Å². The number of carbonyl (C=O) groups excluding carboxylic acids is 2. The van der Waals surface area contributed by atoms with Gasteiger partial charge < -0.3 is 11.1 Å². The number of halogens is 1. The molecule has 0 aliphatic rings. The first-order valence-electron chi connectivity index (χ1n) is 4.89. The van der Waals surface area contributed by atoms with Crippen molar-refractivity contribution in [2.75, 3.05) is 5.32 Å². The third-order valence-corrected chi connectivity index (χ3v) is 3.90. The number of anilines is 1. The van der Waals surface area contributed by atoms with Crippen LogP contribution >= 0.6 is 27.3 Å². The smallest absolute Gasteiger partial charge is 0.268 e. The molecule has 2 rings (SSSR count). The van der Waals surface area contributed by atoms with Crippen molar-refractivity contribution < 1.29 is 9.59 Å². The molecule has 0 fully saturated rings. The van der Waals surface area contributed by atoms with Crippen LogP contribution in [0.15, 0.2) is 34.1 Å². The molecule has 0 saturated carbocycles. The zero-order valence-electron chi connectivity index (χ0n) is 9.01. The maximum atomic E-state index is 11.9. The van der Waals surface area contributed by atoms with Gasteiger partial charge in [0.2, 0.25) is 0 Å². The second-order valence-electron chi connectivity index (χ2n) is 3.32. The molecule has 2 heterocycles. The lowest BCUT2D eigenvalue weighted by Gasteiger charge is -2.04. The van der Waals surface area contributed by atoms with E-state index in [1.807, 2.05) is 0 Å². The third kappa shape index (κ3) is 2.74. The monoisotopic (exact) mass is 325 g/mol. The van der Waals surface area contributed by atoms with Crippen LogP contribution in [0.3, 0.4) is 0 Å². The number of aromatic nitrogens is 1. The van der Waals surface area contributed by atoms with E-state index in [-0.39, 0.29) is 17.4 Å². The van der Waals surface area contributed by atoms with Crippen molar-refractivity contribution in [2.24, 2.45) is 5.73 Å². The number of nitrogens with one attached hydrogen (secondary N) is 1. The van der Waals surface area contributed by atoms with Crippen LogP contribution < -0.4 is 11.1 Å². The number of pyridine rings is 1. The third-order valence-electron chi connectivity index (χ3n) is 2.07. The summed E-state index contributed by atoms with van der Waals surface area (Å²) in [7, 11) is 0. The first kappa shape index (κ1) is 12.7. The fourth-order valence-corrected chi connectivity index (χ4v) is 2.72. The number of carbonyl (C=O) groups is 2. The zero-order valence-corrected chi connectivity index (χ0v) is 11.4. The van der Waals surface area contributed by atoms with E-state index in [0.29, 0.717) is 4.88 Å². The van der Waals surface area contributed by atoms with Gasteiger partial charge in [0.25, 0.3) is 11.8 Å². The minimum Gasteiger partial charge on any atom is -0.364 e. The summed E-state index contributed by atoms with van der Waals surface area (Å²) in [5, 5.41) is 4.40. The van der Waals surface area contributed by atoms with Gasteiger partial charge in [-0.1, -0.05) is 6.07 Å². The van der Waals surface area contributed by atoms with E-state index in [9.17, 15) is 9.59 Å². The van der Waals surface area contributed by atoms with Gasteiger partial charge in [-0.15, -0.1) is 11.3 Å². The Kier molecular flexibility index (Phi) is 3.73. The highest BCUT2D eigenvalue weighted by molar-refractivity contribution is 9.10. The molecule has 0 atom stereocenters. The number of thiophene rings is 1. The number of nitrogens with two attached hydrogens (primary N) is 1. The molecule has 5 nitrogen and oxygen atoms in total. The first-order chi connectivity index (χ1) is 8.58. The molecule has 0 aromatic carbocycles. The summed E-state index contributed by atoms with van der Waals surface area (Å²) >= 11 is 4.58. The minimum atomic E-state index is -0.636. The topological polar surface area (TPSA) is 85.1 Å². The van der Waals surface area contributed by atoms with Crippen molar-refractivity contribution in [2.45, 2.75) is 0 Å². The Morgan fingerprint density at radius 1 is 1.33 bits per heavy atom. The summed E-state index contributed by atoms with van der Waals surface area (Å²) in [6.45, 7) is 0. The normalized spacial score (nSPS) is 10.1. The number of amides is 2. The lowest BCUT2D eigenvalue weighted by Crippen LogP contribution is -2.16. The second kappa shape index (κ2) is 5.28. The second-order valence-corrected chi connectivity index (χ2v) is 5.09. The van der Waals surface area contributed by atoms with Crippen LogP contribution in [0, 0.1) is 0 Å². The molecule has 0 unspecified atom stereocenters. The van der Waals surface area contributed by atoms with Gasteiger partial charge in [-0.2, -0.15) is 0 Å². The Morgan fingerprint density at radius 2 is 2.11 bits per heavy atom. The van der Waals surface area contributed by atoms with E-state index in [1.54, 1.807) is 23.6 Å². The molecule has 0 radical (unpaired) electrons. The first-order valence-corrected chi connectivity index (χ1v) is 6.56. The Balaban J connectivity index is 2.20. The number of nitrogens with zero attached hydrogens (tertiary/aromatic N) is 1. The molecule has 3 N–H and O–H groups in total. The van der Waals surface area contributed by atoms with Crippen LogP contribution in [0.4, 0.5) is 5.82 Å². The molecule has 2 amide bonds. The van der Waals surface area contributed by atoms with Crippen LogP contribution in [-0.2, 0) is 0 Å². The quantitative estimate of drug-likeness (QED) is 0.907. The molecule has 2 aromatic heterocycles. The fraction of sp³-hybridized carbons (Fsp3) is 0. The lowest BCUT2D eigenvalue weighted by molar-refractivity contribution is 0.0991. The van der Waals surface area contributed by atoms with Crippen LogP contribution in [0.2, 0.25) is 0 Å². The molecule has 0 spiro atoms. The average molecular weight is 326 g/mol. The van der Waals surface area contributed by atoms with E-state index in [4.69, 9.17) is 5.73 Å². The molecule has 0 aliphatic heterocycles. The Labute approximate surface area is 115 Å². The van der Waals surface area contributed by atoms with E-state index in [2.05, 4.69) is 26.2 Å². The SMILES string of the molecule is NC(=O)c1cccc(NC(=O)c2sccc2Br)n1. The maximum absolute atomic E-state index is 11.9. The van der Waals surface area contributed by atoms with Gasteiger partial charge in [0.1, 0.15) is 16.4 Å². The van der Waals surface area contributed by atoms with Crippen molar-refractivity contribution in [1.29, 1.82) is 0 Å². The summed E-state index contributed by atoms with van der Waals surface area (Å²) in [5.74, 6) is -0.633. The Morgan fingerprint density at radius 3 is 2.72 bits per heavy atom.